The fraction of sp³-hybridized carbons (Fsp3) is 0.130. The zero-order chi connectivity index (χ0) is 19.2. The molecule has 4 aromatic rings. The smallest absolute Gasteiger partial charge is 0.228 e. The van der Waals surface area contributed by atoms with E-state index in [9.17, 15) is 4.79 Å². The van der Waals surface area contributed by atoms with E-state index >= 15 is 0 Å². The van der Waals surface area contributed by atoms with E-state index in [1.165, 1.54) is 4.90 Å². The number of fused-ring (bicyclic) bond motifs is 1. The number of hydrogen-bond donors (Lipinski definition) is 0. The molecule has 0 spiro atoms. The molecule has 0 fully saturated rings. The van der Waals surface area contributed by atoms with E-state index in [1.807, 2.05) is 88.4 Å². The van der Waals surface area contributed by atoms with Crippen LogP contribution in [0.15, 0.2) is 96.2 Å². The van der Waals surface area contributed by atoms with Gasteiger partial charge in [-0.1, -0.05) is 42.5 Å². The number of hydrogen-bond acceptors (Lipinski definition) is 3. The van der Waals surface area contributed by atoms with Gasteiger partial charge in [0.1, 0.15) is 5.65 Å². The molecule has 0 aliphatic heterocycles. The maximum atomic E-state index is 13.1. The molecule has 0 atom stereocenters. The Hall–Kier alpha value is -3.05. The Morgan fingerprint density at radius 1 is 0.929 bits per heavy atom. The van der Waals surface area contributed by atoms with E-state index in [2.05, 4.69) is 17.1 Å². The van der Waals surface area contributed by atoms with Crippen LogP contribution in [0.2, 0.25) is 0 Å². The number of nitrogens with zero attached hydrogens (tertiary/aromatic N) is 3. The van der Waals surface area contributed by atoms with Crippen molar-refractivity contribution in [2.45, 2.75) is 17.9 Å². The predicted octanol–water partition coefficient (Wildman–Crippen LogP) is 5.05. The molecule has 140 valence electrons. The lowest BCUT2D eigenvalue weighted by Crippen LogP contribution is -2.31. The second-order valence-corrected chi connectivity index (χ2v) is 7.57. The third kappa shape index (κ3) is 4.26. The van der Waals surface area contributed by atoms with Crippen LogP contribution in [-0.4, -0.2) is 21.0 Å². The second-order valence-electron chi connectivity index (χ2n) is 6.41. The highest BCUT2D eigenvalue weighted by molar-refractivity contribution is 7.99. The van der Waals surface area contributed by atoms with Crippen LogP contribution >= 0.6 is 11.8 Å². The fourth-order valence-electron chi connectivity index (χ4n) is 3.10. The van der Waals surface area contributed by atoms with Crippen molar-refractivity contribution in [1.29, 1.82) is 0 Å². The molecule has 2 heterocycles. The van der Waals surface area contributed by atoms with E-state index in [-0.39, 0.29) is 5.91 Å². The van der Waals surface area contributed by atoms with Gasteiger partial charge in [0.15, 0.2) is 0 Å². The fourth-order valence-corrected chi connectivity index (χ4v) is 3.97. The number of carbonyl (C=O) groups is 1. The first-order valence-corrected chi connectivity index (χ1v) is 10.2. The summed E-state index contributed by atoms with van der Waals surface area (Å²) < 4.78 is 2.03. The van der Waals surface area contributed by atoms with Crippen molar-refractivity contribution in [2.75, 3.05) is 10.7 Å². The van der Waals surface area contributed by atoms with E-state index in [1.54, 1.807) is 11.8 Å². The lowest BCUT2D eigenvalue weighted by molar-refractivity contribution is -0.118. The number of pyridine rings is 1. The van der Waals surface area contributed by atoms with Gasteiger partial charge in [-0.25, -0.2) is 4.98 Å². The SMILES string of the molecule is O=C(CCSc1ccccc1)N(Cc1cnc2ccccn12)c1ccccc1. The average Bonchev–Trinajstić information content (AvgIpc) is 3.16. The summed E-state index contributed by atoms with van der Waals surface area (Å²) in [4.78, 5) is 20.6. The van der Waals surface area contributed by atoms with Gasteiger partial charge in [-0.3, -0.25) is 4.79 Å². The minimum Gasteiger partial charge on any atom is -0.306 e. The number of thioether (sulfide) groups is 1. The molecular weight excluding hydrogens is 366 g/mol. The molecule has 2 aromatic carbocycles. The number of rotatable bonds is 7. The Labute approximate surface area is 168 Å². The van der Waals surface area contributed by atoms with Crippen LogP contribution in [0.5, 0.6) is 0 Å². The Morgan fingerprint density at radius 3 is 2.43 bits per heavy atom. The van der Waals surface area contributed by atoms with Crippen molar-refractivity contribution in [3.63, 3.8) is 0 Å². The highest BCUT2D eigenvalue weighted by Gasteiger charge is 2.18. The largest absolute Gasteiger partial charge is 0.306 e. The summed E-state index contributed by atoms with van der Waals surface area (Å²) in [6.45, 7) is 0.490. The van der Waals surface area contributed by atoms with Crippen LogP contribution in [0.25, 0.3) is 5.65 Å². The number of para-hydroxylation sites is 1. The summed E-state index contributed by atoms with van der Waals surface area (Å²) in [5.74, 6) is 0.861. The van der Waals surface area contributed by atoms with Crippen molar-refractivity contribution in [1.82, 2.24) is 9.38 Å². The Morgan fingerprint density at radius 2 is 1.64 bits per heavy atom. The van der Waals surface area contributed by atoms with E-state index in [0.29, 0.717) is 13.0 Å². The van der Waals surface area contributed by atoms with Crippen molar-refractivity contribution < 1.29 is 4.79 Å². The number of anilines is 1. The van der Waals surface area contributed by atoms with Gasteiger partial charge in [0.2, 0.25) is 5.91 Å². The molecule has 0 aliphatic carbocycles. The topological polar surface area (TPSA) is 37.6 Å². The van der Waals surface area contributed by atoms with Gasteiger partial charge in [-0.15, -0.1) is 11.8 Å². The summed E-state index contributed by atoms with van der Waals surface area (Å²) in [5, 5.41) is 0. The number of aromatic nitrogens is 2. The molecule has 2 aromatic heterocycles. The zero-order valence-electron chi connectivity index (χ0n) is 15.4. The van der Waals surface area contributed by atoms with Gasteiger partial charge in [0, 0.05) is 29.0 Å². The van der Waals surface area contributed by atoms with Crippen molar-refractivity contribution >= 4 is 29.0 Å². The van der Waals surface area contributed by atoms with Gasteiger partial charge < -0.3 is 9.30 Å². The Kier molecular flexibility index (Phi) is 5.73. The number of amides is 1. The van der Waals surface area contributed by atoms with Gasteiger partial charge in [0.05, 0.1) is 18.4 Å². The third-order valence-electron chi connectivity index (χ3n) is 4.51. The Bertz CT molecular complexity index is 1050. The molecule has 0 N–H and O–H groups in total. The van der Waals surface area contributed by atoms with Crippen LogP contribution in [0.4, 0.5) is 5.69 Å². The molecule has 0 aliphatic rings. The summed E-state index contributed by atoms with van der Waals surface area (Å²) in [6, 6.07) is 25.9. The normalized spacial score (nSPS) is 10.9. The van der Waals surface area contributed by atoms with Gasteiger partial charge in [0.25, 0.3) is 0 Å². The number of carbonyl (C=O) groups excluding carboxylic acids is 1. The molecule has 28 heavy (non-hydrogen) atoms. The molecule has 1 amide bonds. The van der Waals surface area contributed by atoms with Crippen LogP contribution in [0.1, 0.15) is 12.1 Å². The summed E-state index contributed by atoms with van der Waals surface area (Å²) >= 11 is 1.71. The minimum absolute atomic E-state index is 0.112. The van der Waals surface area contributed by atoms with Crippen LogP contribution in [-0.2, 0) is 11.3 Å². The first kappa shape index (κ1) is 18.3. The van der Waals surface area contributed by atoms with Crippen LogP contribution < -0.4 is 4.90 Å². The van der Waals surface area contributed by atoms with Gasteiger partial charge >= 0.3 is 0 Å². The first-order valence-electron chi connectivity index (χ1n) is 9.25. The van der Waals surface area contributed by atoms with Crippen LogP contribution in [0, 0.1) is 0 Å². The van der Waals surface area contributed by atoms with E-state index in [0.717, 1.165) is 22.8 Å². The molecule has 0 bridgehead atoms. The highest BCUT2D eigenvalue weighted by atomic mass is 32.2. The molecule has 5 heteroatoms. The molecule has 0 radical (unpaired) electrons. The molecule has 0 saturated heterocycles. The summed E-state index contributed by atoms with van der Waals surface area (Å²) in [5.41, 5.74) is 2.78. The maximum absolute atomic E-state index is 13.1. The summed E-state index contributed by atoms with van der Waals surface area (Å²) in [7, 11) is 0. The first-order chi connectivity index (χ1) is 13.8. The van der Waals surface area contributed by atoms with Crippen molar-refractivity contribution in [3.05, 3.63) is 97.0 Å². The van der Waals surface area contributed by atoms with Crippen LogP contribution in [0.3, 0.4) is 0 Å². The second kappa shape index (κ2) is 8.76. The maximum Gasteiger partial charge on any atom is 0.228 e. The minimum atomic E-state index is 0.112. The standard InChI is InChI=1S/C23H21N3OS/c27-23(14-16-28-21-11-5-2-6-12-21)26(19-9-3-1-4-10-19)18-20-17-24-22-13-7-8-15-25(20)22/h1-13,15,17H,14,16,18H2. The monoisotopic (exact) mass is 387 g/mol. The molecule has 4 rings (SSSR count). The van der Waals surface area contributed by atoms with Crippen molar-refractivity contribution in [3.8, 4) is 0 Å². The lowest BCUT2D eigenvalue weighted by Gasteiger charge is -2.23. The lowest BCUT2D eigenvalue weighted by atomic mass is 10.2. The summed E-state index contributed by atoms with van der Waals surface area (Å²) in [6.07, 6.45) is 4.30. The molecule has 0 saturated carbocycles. The van der Waals surface area contributed by atoms with Gasteiger partial charge in [-0.2, -0.15) is 0 Å². The number of imidazole rings is 1. The van der Waals surface area contributed by atoms with E-state index < -0.39 is 0 Å². The van der Waals surface area contributed by atoms with Crippen molar-refractivity contribution in [2.24, 2.45) is 0 Å². The molecule has 0 unspecified atom stereocenters. The average molecular weight is 388 g/mol. The quantitative estimate of drug-likeness (QED) is 0.417. The Balaban J connectivity index is 1.51. The third-order valence-corrected chi connectivity index (χ3v) is 5.52. The highest BCUT2D eigenvalue weighted by Crippen LogP contribution is 2.22. The van der Waals surface area contributed by atoms with Gasteiger partial charge in [-0.05, 0) is 36.4 Å². The molecule has 4 nitrogen and oxygen atoms in total. The number of benzene rings is 2. The van der Waals surface area contributed by atoms with E-state index in [4.69, 9.17) is 0 Å². The zero-order valence-corrected chi connectivity index (χ0v) is 16.3. The molecular formula is C23H21N3OS. The predicted molar refractivity (Wildman–Crippen MR) is 115 cm³/mol.